The third-order valence-corrected chi connectivity index (χ3v) is 4.42. The quantitative estimate of drug-likeness (QED) is 0.536. The van der Waals surface area contributed by atoms with Crippen molar-refractivity contribution >= 4 is 0 Å². The number of rotatable bonds is 0. The summed E-state index contributed by atoms with van der Waals surface area (Å²) in [5, 5.41) is 0. The number of para-hydroxylation sites is 2. The fourth-order valence-electron chi connectivity index (χ4n) is 2.75. The second-order valence-corrected chi connectivity index (χ2v) is 7.04. The van der Waals surface area contributed by atoms with Gasteiger partial charge in [-0.2, -0.15) is 0 Å². The molecule has 1 aliphatic heterocycles. The van der Waals surface area contributed by atoms with E-state index in [1.54, 1.807) is 0 Å². The molecule has 0 atom stereocenters. The standard InChI is InChI=1S/C24H40O10/c1-2-4-24-23(3-1)33-21-19-31-17-15-29-13-11-27-9-7-25-5-6-26-8-10-28-12-14-30-16-18-32-20-22-34-24/h1-4H,5-22H2. The Labute approximate surface area is 202 Å². The molecule has 10 heteroatoms. The van der Waals surface area contributed by atoms with Crippen LogP contribution in [0.3, 0.4) is 0 Å². The fraction of sp³-hybridized carbons (Fsp3) is 0.750. The molecule has 0 aliphatic carbocycles. The van der Waals surface area contributed by atoms with Crippen LogP contribution in [0.1, 0.15) is 0 Å². The van der Waals surface area contributed by atoms with Crippen LogP contribution in [-0.4, -0.2) is 119 Å². The Morgan fingerprint density at radius 3 is 0.735 bits per heavy atom. The summed E-state index contributed by atoms with van der Waals surface area (Å²) < 4.78 is 55.4. The number of hydrogen-bond acceptors (Lipinski definition) is 10. The summed E-state index contributed by atoms with van der Waals surface area (Å²) in [7, 11) is 0. The van der Waals surface area contributed by atoms with Gasteiger partial charge < -0.3 is 47.4 Å². The van der Waals surface area contributed by atoms with E-state index in [0.717, 1.165) is 0 Å². The molecule has 0 bridgehead atoms. The number of fused-ring (bicyclic) bond motifs is 1. The lowest BCUT2D eigenvalue weighted by atomic mass is 10.3. The topological polar surface area (TPSA) is 92.3 Å². The summed E-state index contributed by atoms with van der Waals surface area (Å²) in [5.41, 5.74) is 0. The number of ether oxygens (including phenoxy) is 10. The van der Waals surface area contributed by atoms with E-state index in [1.807, 2.05) is 24.3 Å². The van der Waals surface area contributed by atoms with E-state index in [1.165, 1.54) is 0 Å². The second kappa shape index (κ2) is 22.0. The van der Waals surface area contributed by atoms with Gasteiger partial charge in [0.05, 0.1) is 106 Å². The van der Waals surface area contributed by atoms with Crippen molar-refractivity contribution in [2.45, 2.75) is 0 Å². The summed E-state index contributed by atoms with van der Waals surface area (Å²) in [6.07, 6.45) is 0. The largest absolute Gasteiger partial charge is 0.487 e. The molecule has 0 N–H and O–H groups in total. The Kier molecular flexibility index (Phi) is 18.6. The van der Waals surface area contributed by atoms with Crippen LogP contribution in [-0.2, 0) is 37.9 Å². The van der Waals surface area contributed by atoms with E-state index in [0.29, 0.717) is 130 Å². The molecular formula is C24H40O10. The van der Waals surface area contributed by atoms with Crippen LogP contribution >= 0.6 is 0 Å². The molecule has 196 valence electrons. The molecule has 1 heterocycles. The predicted octanol–water partition coefficient (Wildman–Crippen LogP) is 1.59. The van der Waals surface area contributed by atoms with E-state index in [9.17, 15) is 0 Å². The van der Waals surface area contributed by atoms with Gasteiger partial charge in [0, 0.05) is 0 Å². The summed E-state index contributed by atoms with van der Waals surface area (Å²) in [4.78, 5) is 0. The van der Waals surface area contributed by atoms with Crippen molar-refractivity contribution in [3.63, 3.8) is 0 Å². The monoisotopic (exact) mass is 488 g/mol. The lowest BCUT2D eigenvalue weighted by Gasteiger charge is -2.13. The molecule has 0 amide bonds. The summed E-state index contributed by atoms with van der Waals surface area (Å²) in [6.45, 7) is 9.00. The maximum absolute atomic E-state index is 5.78. The summed E-state index contributed by atoms with van der Waals surface area (Å²) >= 11 is 0. The van der Waals surface area contributed by atoms with Crippen molar-refractivity contribution in [2.24, 2.45) is 0 Å². The minimum atomic E-state index is 0.423. The van der Waals surface area contributed by atoms with E-state index >= 15 is 0 Å². The molecule has 0 saturated carbocycles. The highest BCUT2D eigenvalue weighted by atomic mass is 16.6. The van der Waals surface area contributed by atoms with Crippen LogP contribution in [0.5, 0.6) is 11.5 Å². The van der Waals surface area contributed by atoms with Gasteiger partial charge >= 0.3 is 0 Å². The average Bonchev–Trinajstić information content (AvgIpc) is 2.86. The zero-order chi connectivity index (χ0) is 23.8. The lowest BCUT2D eigenvalue weighted by Crippen LogP contribution is -2.16. The second-order valence-electron chi connectivity index (χ2n) is 7.04. The Balaban J connectivity index is 1.61. The molecule has 2 rings (SSSR count). The molecule has 0 aromatic heterocycles. The van der Waals surface area contributed by atoms with Crippen LogP contribution in [0.25, 0.3) is 0 Å². The normalized spacial score (nSPS) is 21.3. The highest BCUT2D eigenvalue weighted by Crippen LogP contribution is 2.26. The van der Waals surface area contributed by atoms with Crippen LogP contribution in [0, 0.1) is 0 Å². The zero-order valence-corrected chi connectivity index (χ0v) is 20.1. The highest BCUT2D eigenvalue weighted by molar-refractivity contribution is 5.39. The average molecular weight is 489 g/mol. The van der Waals surface area contributed by atoms with Gasteiger partial charge in [-0.3, -0.25) is 0 Å². The van der Waals surface area contributed by atoms with Gasteiger partial charge in [0.1, 0.15) is 13.2 Å². The Morgan fingerprint density at radius 2 is 0.500 bits per heavy atom. The Morgan fingerprint density at radius 1 is 0.294 bits per heavy atom. The van der Waals surface area contributed by atoms with Crippen molar-refractivity contribution in [1.29, 1.82) is 0 Å². The van der Waals surface area contributed by atoms with Gasteiger partial charge in [-0.25, -0.2) is 0 Å². The van der Waals surface area contributed by atoms with Gasteiger partial charge in [0.25, 0.3) is 0 Å². The van der Waals surface area contributed by atoms with Crippen molar-refractivity contribution in [2.75, 3.05) is 119 Å². The molecule has 1 aromatic carbocycles. The minimum Gasteiger partial charge on any atom is -0.487 e. The molecule has 1 aliphatic rings. The molecule has 34 heavy (non-hydrogen) atoms. The van der Waals surface area contributed by atoms with E-state index in [-0.39, 0.29) is 0 Å². The van der Waals surface area contributed by atoms with Gasteiger partial charge in [0.2, 0.25) is 0 Å². The third kappa shape index (κ3) is 16.2. The number of benzene rings is 1. The molecule has 0 saturated heterocycles. The molecule has 0 radical (unpaired) electrons. The van der Waals surface area contributed by atoms with Gasteiger partial charge in [0.15, 0.2) is 11.5 Å². The minimum absolute atomic E-state index is 0.423. The summed E-state index contributed by atoms with van der Waals surface area (Å²) in [6, 6.07) is 7.55. The molecule has 0 fully saturated rings. The Bertz CT molecular complexity index is 525. The van der Waals surface area contributed by atoms with Crippen molar-refractivity contribution in [1.82, 2.24) is 0 Å². The van der Waals surface area contributed by atoms with Gasteiger partial charge in [-0.15, -0.1) is 0 Å². The predicted molar refractivity (Wildman–Crippen MR) is 124 cm³/mol. The SMILES string of the molecule is c1ccc2c(c1)OCCOCCOCCOCCOCCOCCOCCOCCOCCO2. The van der Waals surface area contributed by atoms with Gasteiger partial charge in [-0.1, -0.05) is 12.1 Å². The summed E-state index contributed by atoms with van der Waals surface area (Å²) in [5.74, 6) is 1.36. The van der Waals surface area contributed by atoms with Crippen LogP contribution < -0.4 is 9.47 Å². The van der Waals surface area contributed by atoms with E-state index in [2.05, 4.69) is 0 Å². The van der Waals surface area contributed by atoms with E-state index < -0.39 is 0 Å². The maximum Gasteiger partial charge on any atom is 0.161 e. The van der Waals surface area contributed by atoms with Crippen molar-refractivity contribution in [3.8, 4) is 11.5 Å². The molecular weight excluding hydrogens is 448 g/mol. The molecule has 10 nitrogen and oxygen atoms in total. The first-order valence-corrected chi connectivity index (χ1v) is 11.9. The molecule has 0 unspecified atom stereocenters. The fourth-order valence-corrected chi connectivity index (χ4v) is 2.75. The van der Waals surface area contributed by atoms with Crippen LogP contribution in [0.2, 0.25) is 0 Å². The lowest BCUT2D eigenvalue weighted by molar-refractivity contribution is -0.0244. The smallest absolute Gasteiger partial charge is 0.161 e. The first-order chi connectivity index (χ1) is 17.0. The third-order valence-electron chi connectivity index (χ3n) is 4.42. The van der Waals surface area contributed by atoms with Crippen molar-refractivity contribution in [3.05, 3.63) is 24.3 Å². The molecule has 1 aromatic rings. The van der Waals surface area contributed by atoms with Crippen LogP contribution in [0.4, 0.5) is 0 Å². The maximum atomic E-state index is 5.78. The van der Waals surface area contributed by atoms with Crippen LogP contribution in [0.15, 0.2) is 24.3 Å². The van der Waals surface area contributed by atoms with Crippen molar-refractivity contribution < 1.29 is 47.4 Å². The zero-order valence-electron chi connectivity index (χ0n) is 20.1. The van der Waals surface area contributed by atoms with E-state index in [4.69, 9.17) is 47.4 Å². The van der Waals surface area contributed by atoms with Gasteiger partial charge in [-0.05, 0) is 12.1 Å². The first kappa shape index (κ1) is 28.7. The first-order valence-electron chi connectivity index (χ1n) is 11.9. The number of hydrogen-bond donors (Lipinski definition) is 0. The Hall–Kier alpha value is -1.50. The highest BCUT2D eigenvalue weighted by Gasteiger charge is 2.04. The molecule has 0 spiro atoms.